The van der Waals surface area contributed by atoms with Crippen molar-refractivity contribution in [2.24, 2.45) is 11.8 Å². The molecule has 0 spiro atoms. The number of rotatable bonds is 8. The van der Waals surface area contributed by atoms with Gasteiger partial charge >= 0.3 is 0 Å². The number of likely N-dealkylation sites (N-methyl/N-ethyl adjacent to an activating group) is 1. The highest BCUT2D eigenvalue weighted by Crippen LogP contribution is 2.10. The molecule has 1 rings (SSSR count). The van der Waals surface area contributed by atoms with Crippen molar-refractivity contribution in [3.63, 3.8) is 0 Å². The van der Waals surface area contributed by atoms with Gasteiger partial charge in [0.25, 0.3) is 0 Å². The smallest absolute Gasteiger partial charge is 0.0829 e. The van der Waals surface area contributed by atoms with E-state index in [2.05, 4.69) is 44.5 Å². The largest absolute Gasteiger partial charge is 0.374 e. The summed E-state index contributed by atoms with van der Waals surface area (Å²) in [5.41, 5.74) is 0. The van der Waals surface area contributed by atoms with Gasteiger partial charge in [0.2, 0.25) is 0 Å². The minimum atomic E-state index is 0.400. The monoisotopic (exact) mass is 270 g/mol. The molecular weight excluding hydrogens is 236 g/mol. The first-order chi connectivity index (χ1) is 8.97. The molecule has 1 unspecified atom stereocenters. The van der Waals surface area contributed by atoms with E-state index in [1.165, 1.54) is 19.4 Å². The number of hydrogen-bond acceptors (Lipinski definition) is 3. The summed E-state index contributed by atoms with van der Waals surface area (Å²) in [5.74, 6) is 1.56. The number of hydrogen-bond donors (Lipinski definition) is 0. The molecule has 1 atom stereocenters. The normalized spacial score (nSPS) is 21.8. The minimum Gasteiger partial charge on any atom is -0.374 e. The molecule has 3 heteroatoms. The molecule has 3 nitrogen and oxygen atoms in total. The third-order valence-electron chi connectivity index (χ3n) is 3.67. The van der Waals surface area contributed by atoms with Gasteiger partial charge in [0.05, 0.1) is 12.7 Å². The Morgan fingerprint density at radius 3 is 2.58 bits per heavy atom. The Hall–Kier alpha value is -0.120. The minimum absolute atomic E-state index is 0.400. The fraction of sp³-hybridized carbons (Fsp3) is 1.00. The average Bonchev–Trinajstić information content (AvgIpc) is 2.27. The van der Waals surface area contributed by atoms with Crippen molar-refractivity contribution in [2.75, 3.05) is 46.4 Å². The molecule has 1 fully saturated rings. The van der Waals surface area contributed by atoms with E-state index >= 15 is 0 Å². The van der Waals surface area contributed by atoms with Crippen LogP contribution in [0.1, 0.15) is 40.5 Å². The molecule has 1 saturated heterocycles. The van der Waals surface area contributed by atoms with Gasteiger partial charge in [-0.1, -0.05) is 27.7 Å². The predicted molar refractivity (Wildman–Crippen MR) is 82.6 cm³/mol. The Morgan fingerprint density at radius 1 is 1.21 bits per heavy atom. The number of nitrogens with zero attached hydrogens (tertiary/aromatic N) is 2. The Labute approximate surface area is 120 Å². The van der Waals surface area contributed by atoms with Gasteiger partial charge in [-0.2, -0.15) is 0 Å². The molecule has 0 radical (unpaired) electrons. The zero-order chi connectivity index (χ0) is 14.3. The quantitative estimate of drug-likeness (QED) is 0.674. The lowest BCUT2D eigenvalue weighted by molar-refractivity contribution is -0.0418. The van der Waals surface area contributed by atoms with Crippen molar-refractivity contribution < 1.29 is 4.74 Å². The molecular formula is C16H34N2O. The van der Waals surface area contributed by atoms with E-state index in [0.29, 0.717) is 6.10 Å². The summed E-state index contributed by atoms with van der Waals surface area (Å²) in [6, 6.07) is 0. The second-order valence-corrected chi connectivity index (χ2v) is 6.94. The first kappa shape index (κ1) is 16.9. The van der Waals surface area contributed by atoms with E-state index in [0.717, 1.165) is 44.6 Å². The molecule has 1 aliphatic heterocycles. The summed E-state index contributed by atoms with van der Waals surface area (Å²) >= 11 is 0. The van der Waals surface area contributed by atoms with Gasteiger partial charge < -0.3 is 9.64 Å². The van der Waals surface area contributed by atoms with Crippen LogP contribution in [-0.4, -0.2) is 62.3 Å². The van der Waals surface area contributed by atoms with Crippen molar-refractivity contribution >= 4 is 0 Å². The standard InChI is InChI=1S/C16H34N2O/c1-14(2)7-6-8-18-9-10-19-16(13-18)12-17(5)11-15(3)4/h14-16H,6-13H2,1-5H3. The highest BCUT2D eigenvalue weighted by molar-refractivity contribution is 4.74. The van der Waals surface area contributed by atoms with Crippen LogP contribution >= 0.6 is 0 Å². The molecule has 1 heterocycles. The van der Waals surface area contributed by atoms with Crippen LogP contribution in [0.4, 0.5) is 0 Å². The molecule has 19 heavy (non-hydrogen) atoms. The summed E-state index contributed by atoms with van der Waals surface area (Å²) in [6.45, 7) is 15.8. The fourth-order valence-corrected chi connectivity index (χ4v) is 2.86. The molecule has 0 aromatic heterocycles. The molecule has 114 valence electrons. The molecule has 0 saturated carbocycles. The Bertz CT molecular complexity index is 231. The lowest BCUT2D eigenvalue weighted by Crippen LogP contribution is -2.47. The van der Waals surface area contributed by atoms with Gasteiger partial charge in [0.1, 0.15) is 0 Å². The second-order valence-electron chi connectivity index (χ2n) is 6.94. The highest BCUT2D eigenvalue weighted by atomic mass is 16.5. The van der Waals surface area contributed by atoms with Crippen LogP contribution < -0.4 is 0 Å². The SMILES string of the molecule is CC(C)CCCN1CCOC(CN(C)CC(C)C)C1. The molecule has 0 aliphatic carbocycles. The lowest BCUT2D eigenvalue weighted by Gasteiger charge is -2.35. The summed E-state index contributed by atoms with van der Waals surface area (Å²) in [7, 11) is 2.21. The maximum absolute atomic E-state index is 5.90. The lowest BCUT2D eigenvalue weighted by atomic mass is 10.1. The summed E-state index contributed by atoms with van der Waals surface area (Å²) in [4.78, 5) is 4.99. The van der Waals surface area contributed by atoms with Crippen LogP contribution in [-0.2, 0) is 4.74 Å². The van der Waals surface area contributed by atoms with Gasteiger partial charge in [-0.3, -0.25) is 4.90 Å². The summed E-state index contributed by atoms with van der Waals surface area (Å²) in [6.07, 6.45) is 3.07. The maximum Gasteiger partial charge on any atom is 0.0829 e. The third kappa shape index (κ3) is 7.91. The van der Waals surface area contributed by atoms with Crippen LogP contribution in [0.15, 0.2) is 0 Å². The van der Waals surface area contributed by atoms with Gasteiger partial charge in [0.15, 0.2) is 0 Å². The Balaban J connectivity index is 2.21. The van der Waals surface area contributed by atoms with E-state index in [1.54, 1.807) is 0 Å². The molecule has 0 bridgehead atoms. The Morgan fingerprint density at radius 2 is 1.95 bits per heavy atom. The third-order valence-corrected chi connectivity index (χ3v) is 3.67. The summed E-state index contributed by atoms with van der Waals surface area (Å²) in [5, 5.41) is 0. The van der Waals surface area contributed by atoms with Crippen molar-refractivity contribution in [1.82, 2.24) is 9.80 Å². The van der Waals surface area contributed by atoms with Gasteiger partial charge in [-0.25, -0.2) is 0 Å². The van der Waals surface area contributed by atoms with Crippen LogP contribution in [0.5, 0.6) is 0 Å². The van der Waals surface area contributed by atoms with Crippen molar-refractivity contribution in [1.29, 1.82) is 0 Å². The van der Waals surface area contributed by atoms with E-state index < -0.39 is 0 Å². The van der Waals surface area contributed by atoms with E-state index in [4.69, 9.17) is 4.74 Å². The van der Waals surface area contributed by atoms with Crippen LogP contribution in [0.2, 0.25) is 0 Å². The zero-order valence-electron chi connectivity index (χ0n) is 13.7. The van der Waals surface area contributed by atoms with E-state index in [-0.39, 0.29) is 0 Å². The first-order valence-corrected chi connectivity index (χ1v) is 8.00. The highest BCUT2D eigenvalue weighted by Gasteiger charge is 2.21. The first-order valence-electron chi connectivity index (χ1n) is 8.00. The van der Waals surface area contributed by atoms with Crippen molar-refractivity contribution in [2.45, 2.75) is 46.6 Å². The molecule has 0 amide bonds. The van der Waals surface area contributed by atoms with E-state index in [9.17, 15) is 0 Å². The molecule has 0 aromatic rings. The van der Waals surface area contributed by atoms with Gasteiger partial charge in [-0.15, -0.1) is 0 Å². The molecule has 0 N–H and O–H groups in total. The Kier molecular flexibility index (Phi) is 7.96. The van der Waals surface area contributed by atoms with Gasteiger partial charge in [0, 0.05) is 26.2 Å². The van der Waals surface area contributed by atoms with Crippen molar-refractivity contribution in [3.05, 3.63) is 0 Å². The zero-order valence-corrected chi connectivity index (χ0v) is 13.7. The second kappa shape index (κ2) is 8.93. The molecule has 0 aromatic carbocycles. The number of ether oxygens (including phenoxy) is 1. The van der Waals surface area contributed by atoms with Crippen molar-refractivity contribution in [3.8, 4) is 0 Å². The summed E-state index contributed by atoms with van der Waals surface area (Å²) < 4.78 is 5.90. The van der Waals surface area contributed by atoms with Crippen LogP contribution in [0.25, 0.3) is 0 Å². The van der Waals surface area contributed by atoms with Crippen LogP contribution in [0, 0.1) is 11.8 Å². The van der Waals surface area contributed by atoms with E-state index in [1.807, 2.05) is 0 Å². The number of morpholine rings is 1. The molecule has 1 aliphatic rings. The maximum atomic E-state index is 5.90. The van der Waals surface area contributed by atoms with Crippen LogP contribution in [0.3, 0.4) is 0 Å². The average molecular weight is 270 g/mol. The predicted octanol–water partition coefficient (Wildman–Crippen LogP) is 2.71. The fourth-order valence-electron chi connectivity index (χ4n) is 2.86. The van der Waals surface area contributed by atoms with Gasteiger partial charge in [-0.05, 0) is 38.3 Å². The topological polar surface area (TPSA) is 15.7 Å².